The summed E-state index contributed by atoms with van der Waals surface area (Å²) >= 11 is 0. The summed E-state index contributed by atoms with van der Waals surface area (Å²) in [6.45, 7) is 3.42. The number of aromatic amines is 1. The zero-order chi connectivity index (χ0) is 10.8. The van der Waals surface area contributed by atoms with Crippen LogP contribution in [0.4, 0.5) is 0 Å². The van der Waals surface area contributed by atoms with Crippen molar-refractivity contribution in [2.75, 3.05) is 0 Å². The van der Waals surface area contributed by atoms with Crippen LogP contribution in [-0.2, 0) is 6.42 Å². The Balaban J connectivity index is 2.37. The van der Waals surface area contributed by atoms with E-state index in [9.17, 15) is 10.1 Å². The molecule has 0 saturated carbocycles. The zero-order valence-electron chi connectivity index (χ0n) is 8.06. The van der Waals surface area contributed by atoms with Gasteiger partial charge in [-0.2, -0.15) is 0 Å². The molecule has 4 nitrogen and oxygen atoms in total. The molecule has 0 amide bonds. The molecular formula is C11H10N2O2. The van der Waals surface area contributed by atoms with Gasteiger partial charge in [0.2, 0.25) is 5.70 Å². The molecule has 0 fully saturated rings. The van der Waals surface area contributed by atoms with Crippen molar-refractivity contribution in [3.63, 3.8) is 0 Å². The van der Waals surface area contributed by atoms with E-state index in [1.807, 2.05) is 24.3 Å². The maximum atomic E-state index is 10.5. The molecule has 0 spiro atoms. The summed E-state index contributed by atoms with van der Waals surface area (Å²) < 4.78 is 0. The minimum Gasteiger partial charge on any atom is -0.361 e. The van der Waals surface area contributed by atoms with Crippen molar-refractivity contribution in [2.24, 2.45) is 0 Å². The van der Waals surface area contributed by atoms with E-state index >= 15 is 0 Å². The molecule has 76 valence electrons. The van der Waals surface area contributed by atoms with Crippen LogP contribution in [0.25, 0.3) is 10.9 Å². The van der Waals surface area contributed by atoms with Crippen molar-refractivity contribution in [3.8, 4) is 0 Å². The highest BCUT2D eigenvalue weighted by molar-refractivity contribution is 5.83. The van der Waals surface area contributed by atoms with Crippen molar-refractivity contribution < 1.29 is 4.92 Å². The Morgan fingerprint density at radius 2 is 2.20 bits per heavy atom. The van der Waals surface area contributed by atoms with Crippen LogP contribution in [0.15, 0.2) is 42.7 Å². The highest BCUT2D eigenvalue weighted by Gasteiger charge is 2.11. The van der Waals surface area contributed by atoms with Crippen LogP contribution in [0.1, 0.15) is 5.56 Å². The van der Waals surface area contributed by atoms with E-state index in [2.05, 4.69) is 11.6 Å². The maximum absolute atomic E-state index is 10.5. The summed E-state index contributed by atoms with van der Waals surface area (Å²) in [5.41, 5.74) is 1.91. The topological polar surface area (TPSA) is 58.9 Å². The summed E-state index contributed by atoms with van der Waals surface area (Å²) in [7, 11) is 0. The summed E-state index contributed by atoms with van der Waals surface area (Å²) in [5, 5.41) is 11.5. The van der Waals surface area contributed by atoms with Gasteiger partial charge in [0.25, 0.3) is 0 Å². The minimum absolute atomic E-state index is 0.0137. The molecule has 0 aliphatic heterocycles. The fraction of sp³-hybridized carbons (Fsp3) is 0.0909. The van der Waals surface area contributed by atoms with Crippen LogP contribution < -0.4 is 0 Å². The third-order valence-electron chi connectivity index (χ3n) is 2.33. The van der Waals surface area contributed by atoms with Crippen molar-refractivity contribution in [1.82, 2.24) is 4.98 Å². The first-order valence-electron chi connectivity index (χ1n) is 4.55. The van der Waals surface area contributed by atoms with Crippen LogP contribution >= 0.6 is 0 Å². The lowest BCUT2D eigenvalue weighted by molar-refractivity contribution is -0.426. The van der Waals surface area contributed by atoms with Gasteiger partial charge in [-0.1, -0.05) is 18.2 Å². The van der Waals surface area contributed by atoms with Crippen molar-refractivity contribution in [3.05, 3.63) is 58.4 Å². The second-order valence-corrected chi connectivity index (χ2v) is 3.36. The molecule has 15 heavy (non-hydrogen) atoms. The molecule has 0 saturated heterocycles. The molecular weight excluding hydrogens is 192 g/mol. The number of nitrogens with one attached hydrogen (secondary N) is 1. The molecule has 2 aromatic rings. The highest BCUT2D eigenvalue weighted by atomic mass is 16.6. The molecule has 2 rings (SSSR count). The third-order valence-corrected chi connectivity index (χ3v) is 2.33. The van der Waals surface area contributed by atoms with Crippen LogP contribution in [0, 0.1) is 10.1 Å². The predicted molar refractivity (Wildman–Crippen MR) is 58.1 cm³/mol. The van der Waals surface area contributed by atoms with Gasteiger partial charge in [-0.3, -0.25) is 10.1 Å². The monoisotopic (exact) mass is 202 g/mol. The molecule has 1 aromatic carbocycles. The molecule has 1 aromatic heterocycles. The fourth-order valence-electron chi connectivity index (χ4n) is 1.56. The van der Waals surface area contributed by atoms with Gasteiger partial charge in [0, 0.05) is 17.1 Å². The van der Waals surface area contributed by atoms with Gasteiger partial charge in [0.1, 0.15) is 0 Å². The Morgan fingerprint density at radius 1 is 1.47 bits per heavy atom. The first-order valence-corrected chi connectivity index (χ1v) is 4.55. The van der Waals surface area contributed by atoms with E-state index in [0.29, 0.717) is 0 Å². The molecule has 0 unspecified atom stereocenters. The second kappa shape index (κ2) is 3.57. The Kier molecular flexibility index (Phi) is 2.25. The van der Waals surface area contributed by atoms with E-state index in [0.717, 1.165) is 16.5 Å². The van der Waals surface area contributed by atoms with Gasteiger partial charge in [-0.25, -0.2) is 0 Å². The summed E-state index contributed by atoms with van der Waals surface area (Å²) in [5.74, 6) is 0. The Bertz CT molecular complexity index is 528. The number of fused-ring (bicyclic) bond motifs is 1. The zero-order valence-corrected chi connectivity index (χ0v) is 8.06. The smallest absolute Gasteiger partial charge is 0.243 e. The number of hydrogen-bond donors (Lipinski definition) is 1. The quantitative estimate of drug-likeness (QED) is 0.614. The summed E-state index contributed by atoms with van der Waals surface area (Å²) in [6.07, 6.45) is 2.07. The molecule has 4 heteroatoms. The number of allylic oxidation sites excluding steroid dienone is 1. The number of para-hydroxylation sites is 1. The first-order chi connectivity index (χ1) is 7.18. The van der Waals surface area contributed by atoms with Gasteiger partial charge in [-0.15, -0.1) is 0 Å². The number of nitro groups is 1. The Hall–Kier alpha value is -2.10. The van der Waals surface area contributed by atoms with E-state index < -0.39 is 4.92 Å². The van der Waals surface area contributed by atoms with Gasteiger partial charge < -0.3 is 4.98 Å². The predicted octanol–water partition coefficient (Wildman–Crippen LogP) is 2.50. The van der Waals surface area contributed by atoms with E-state index in [1.54, 1.807) is 6.20 Å². The van der Waals surface area contributed by atoms with Crippen molar-refractivity contribution in [1.29, 1.82) is 0 Å². The standard InChI is InChI=1S/C11H10N2O2/c1-8(13(14)15)6-9-7-12-11-5-3-2-4-10(9)11/h2-5,7,12H,1,6H2. The van der Waals surface area contributed by atoms with Crippen molar-refractivity contribution >= 4 is 10.9 Å². The van der Waals surface area contributed by atoms with Crippen LogP contribution in [0.3, 0.4) is 0 Å². The number of H-pyrrole nitrogens is 1. The number of aromatic nitrogens is 1. The van der Waals surface area contributed by atoms with Crippen LogP contribution in [-0.4, -0.2) is 9.91 Å². The Labute approximate surface area is 86.4 Å². The SMILES string of the molecule is C=C(Cc1c[nH]c2ccccc12)[N+](=O)[O-]. The van der Waals surface area contributed by atoms with E-state index in [-0.39, 0.29) is 12.1 Å². The normalized spacial score (nSPS) is 10.4. The lowest BCUT2D eigenvalue weighted by Gasteiger charge is -1.95. The van der Waals surface area contributed by atoms with E-state index in [1.165, 1.54) is 0 Å². The molecule has 0 aliphatic carbocycles. The largest absolute Gasteiger partial charge is 0.361 e. The van der Waals surface area contributed by atoms with Gasteiger partial charge in [-0.05, 0) is 18.2 Å². The van der Waals surface area contributed by atoms with E-state index in [4.69, 9.17) is 0 Å². The molecule has 0 radical (unpaired) electrons. The number of nitrogens with zero attached hydrogens (tertiary/aromatic N) is 1. The number of benzene rings is 1. The van der Waals surface area contributed by atoms with Crippen LogP contribution in [0.2, 0.25) is 0 Å². The number of hydrogen-bond acceptors (Lipinski definition) is 2. The van der Waals surface area contributed by atoms with Crippen molar-refractivity contribution in [2.45, 2.75) is 6.42 Å². The summed E-state index contributed by atoms with van der Waals surface area (Å²) in [6, 6.07) is 7.71. The molecule has 1 heterocycles. The first kappa shape index (κ1) is 9.45. The second-order valence-electron chi connectivity index (χ2n) is 3.36. The molecule has 0 atom stereocenters. The third kappa shape index (κ3) is 1.74. The van der Waals surface area contributed by atoms with Gasteiger partial charge in [0.05, 0.1) is 11.3 Å². The highest BCUT2D eigenvalue weighted by Crippen LogP contribution is 2.19. The van der Waals surface area contributed by atoms with Crippen LogP contribution in [0.5, 0.6) is 0 Å². The fourth-order valence-corrected chi connectivity index (χ4v) is 1.56. The minimum atomic E-state index is -0.443. The number of rotatable bonds is 3. The van der Waals surface area contributed by atoms with Gasteiger partial charge in [0.15, 0.2) is 0 Å². The summed E-state index contributed by atoms with van der Waals surface area (Å²) in [4.78, 5) is 13.1. The molecule has 0 aliphatic rings. The molecule has 0 bridgehead atoms. The average molecular weight is 202 g/mol. The maximum Gasteiger partial charge on any atom is 0.243 e. The molecule has 1 N–H and O–H groups in total. The van der Waals surface area contributed by atoms with Gasteiger partial charge >= 0.3 is 0 Å². The lowest BCUT2D eigenvalue weighted by atomic mass is 10.1. The Morgan fingerprint density at radius 3 is 2.93 bits per heavy atom. The average Bonchev–Trinajstić information content (AvgIpc) is 2.62. The lowest BCUT2D eigenvalue weighted by Crippen LogP contribution is -1.99.